The fraction of sp³-hybridized carbons (Fsp3) is 0.444. The summed E-state index contributed by atoms with van der Waals surface area (Å²) in [6.45, 7) is 2.67. The maximum absolute atomic E-state index is 11.0. The third-order valence-corrected chi connectivity index (χ3v) is 2.77. The summed E-state index contributed by atoms with van der Waals surface area (Å²) in [7, 11) is 0. The van der Waals surface area contributed by atoms with E-state index in [2.05, 4.69) is 12.2 Å². The zero-order valence-corrected chi connectivity index (χ0v) is 9.04. The fourth-order valence-corrected chi connectivity index (χ4v) is 1.94. The van der Waals surface area contributed by atoms with E-state index in [1.807, 2.05) is 12.1 Å². The molecule has 1 amide bonds. The maximum atomic E-state index is 11.0. The van der Waals surface area contributed by atoms with Gasteiger partial charge in [-0.3, -0.25) is 4.79 Å². The van der Waals surface area contributed by atoms with Crippen LogP contribution in [0, 0.1) is 6.92 Å². The van der Waals surface area contributed by atoms with Crippen molar-refractivity contribution in [2.75, 3.05) is 5.88 Å². The van der Waals surface area contributed by atoms with Crippen molar-refractivity contribution in [3.05, 3.63) is 21.9 Å². The van der Waals surface area contributed by atoms with Crippen molar-refractivity contribution in [1.82, 2.24) is 5.32 Å². The summed E-state index contributed by atoms with van der Waals surface area (Å²) in [5.74, 6) is 0.399. The Morgan fingerprint density at radius 3 is 2.92 bits per heavy atom. The quantitative estimate of drug-likeness (QED) is 0.771. The molecule has 0 atom stereocenters. The molecule has 0 saturated carbocycles. The lowest BCUT2D eigenvalue weighted by Crippen LogP contribution is -2.22. The molecule has 72 valence electrons. The summed E-state index contributed by atoms with van der Waals surface area (Å²) in [6, 6.07) is 4.08. The van der Waals surface area contributed by atoms with E-state index in [4.69, 9.17) is 11.6 Å². The van der Waals surface area contributed by atoms with Crippen molar-refractivity contribution < 1.29 is 4.79 Å². The standard InChI is InChI=1S/C9H12ClNOS/c1-7-2-3-8(13-7)6-11-9(12)4-5-10/h2-3H,4-6H2,1H3,(H,11,12). The first-order chi connectivity index (χ1) is 6.22. The Kier molecular flexibility index (Phi) is 4.25. The molecule has 0 aromatic carbocycles. The number of nitrogens with one attached hydrogen (secondary N) is 1. The predicted molar refractivity (Wildman–Crippen MR) is 56.2 cm³/mol. The minimum absolute atomic E-state index is 0.0149. The fourth-order valence-electron chi connectivity index (χ4n) is 0.940. The summed E-state index contributed by atoms with van der Waals surface area (Å²) >= 11 is 7.12. The zero-order chi connectivity index (χ0) is 9.68. The monoisotopic (exact) mass is 217 g/mol. The lowest BCUT2D eigenvalue weighted by atomic mass is 10.4. The van der Waals surface area contributed by atoms with E-state index in [-0.39, 0.29) is 5.91 Å². The predicted octanol–water partition coefficient (Wildman–Crippen LogP) is 2.30. The van der Waals surface area contributed by atoms with Crippen molar-refractivity contribution in [1.29, 1.82) is 0 Å². The molecule has 0 aliphatic carbocycles. The number of rotatable bonds is 4. The first-order valence-corrected chi connectivity index (χ1v) is 5.45. The summed E-state index contributed by atoms with van der Waals surface area (Å²) in [4.78, 5) is 13.5. The average Bonchev–Trinajstić information content (AvgIpc) is 2.49. The summed E-state index contributed by atoms with van der Waals surface area (Å²) < 4.78 is 0. The van der Waals surface area contributed by atoms with Crippen molar-refractivity contribution in [3.63, 3.8) is 0 Å². The van der Waals surface area contributed by atoms with Crippen LogP contribution in [0.25, 0.3) is 0 Å². The van der Waals surface area contributed by atoms with Gasteiger partial charge in [-0.05, 0) is 19.1 Å². The van der Waals surface area contributed by atoms with Crippen molar-refractivity contribution >= 4 is 28.8 Å². The highest BCUT2D eigenvalue weighted by Gasteiger charge is 2.00. The highest BCUT2D eigenvalue weighted by molar-refractivity contribution is 7.11. The Balaban J connectivity index is 2.30. The lowest BCUT2D eigenvalue weighted by molar-refractivity contribution is -0.120. The molecular weight excluding hydrogens is 206 g/mol. The Labute approximate surface area is 86.9 Å². The van der Waals surface area contributed by atoms with Gasteiger partial charge in [0.05, 0.1) is 6.54 Å². The number of carbonyl (C=O) groups is 1. The normalized spacial score (nSPS) is 10.0. The van der Waals surface area contributed by atoms with Crippen LogP contribution in [0.2, 0.25) is 0 Å². The van der Waals surface area contributed by atoms with E-state index in [1.54, 1.807) is 11.3 Å². The van der Waals surface area contributed by atoms with Crippen LogP contribution in [0.1, 0.15) is 16.2 Å². The van der Waals surface area contributed by atoms with Gasteiger partial charge < -0.3 is 5.32 Å². The van der Waals surface area contributed by atoms with Crippen LogP contribution >= 0.6 is 22.9 Å². The molecule has 0 unspecified atom stereocenters. The second-order valence-corrected chi connectivity index (χ2v) is 4.48. The maximum Gasteiger partial charge on any atom is 0.221 e. The number of carbonyl (C=O) groups excluding carboxylic acids is 1. The van der Waals surface area contributed by atoms with Crippen LogP contribution in [0.4, 0.5) is 0 Å². The van der Waals surface area contributed by atoms with Gasteiger partial charge in [-0.15, -0.1) is 22.9 Å². The van der Waals surface area contributed by atoms with Crippen LogP contribution in [-0.2, 0) is 11.3 Å². The van der Waals surface area contributed by atoms with E-state index in [1.165, 1.54) is 9.75 Å². The van der Waals surface area contributed by atoms with Gasteiger partial charge in [0.15, 0.2) is 0 Å². The highest BCUT2D eigenvalue weighted by atomic mass is 35.5. The molecule has 0 saturated heterocycles. The Morgan fingerprint density at radius 2 is 2.38 bits per heavy atom. The molecule has 1 aromatic heterocycles. The third kappa shape index (κ3) is 3.79. The largest absolute Gasteiger partial charge is 0.351 e. The van der Waals surface area contributed by atoms with E-state index in [9.17, 15) is 4.79 Å². The number of aryl methyl sites for hydroxylation is 1. The SMILES string of the molecule is Cc1ccc(CNC(=O)CCCl)s1. The van der Waals surface area contributed by atoms with Crippen LogP contribution < -0.4 is 5.32 Å². The molecule has 1 aromatic rings. The molecule has 1 rings (SSSR count). The zero-order valence-electron chi connectivity index (χ0n) is 7.47. The molecule has 0 spiro atoms. The van der Waals surface area contributed by atoms with Crippen LogP contribution in [0.3, 0.4) is 0 Å². The second kappa shape index (κ2) is 5.25. The minimum atomic E-state index is 0.0149. The molecule has 0 radical (unpaired) electrons. The van der Waals surface area contributed by atoms with Gasteiger partial charge in [0.25, 0.3) is 0 Å². The topological polar surface area (TPSA) is 29.1 Å². The lowest BCUT2D eigenvalue weighted by Gasteiger charge is -2.00. The number of hydrogen-bond acceptors (Lipinski definition) is 2. The molecule has 0 fully saturated rings. The summed E-state index contributed by atoms with van der Waals surface area (Å²) in [6.07, 6.45) is 0.395. The van der Waals surface area contributed by atoms with Gasteiger partial charge >= 0.3 is 0 Å². The highest BCUT2D eigenvalue weighted by Crippen LogP contribution is 2.14. The molecule has 0 aliphatic rings. The number of alkyl halides is 1. The molecule has 4 heteroatoms. The molecule has 0 aliphatic heterocycles. The van der Waals surface area contributed by atoms with Crippen molar-refractivity contribution in [3.8, 4) is 0 Å². The number of amides is 1. The van der Waals surface area contributed by atoms with Crippen LogP contribution in [0.15, 0.2) is 12.1 Å². The summed E-state index contributed by atoms with van der Waals surface area (Å²) in [5, 5.41) is 2.80. The van der Waals surface area contributed by atoms with Gasteiger partial charge in [0.1, 0.15) is 0 Å². The molecule has 0 bridgehead atoms. The van der Waals surface area contributed by atoms with Gasteiger partial charge in [0.2, 0.25) is 5.91 Å². The molecular formula is C9H12ClNOS. The molecule has 1 N–H and O–H groups in total. The Morgan fingerprint density at radius 1 is 1.62 bits per heavy atom. The number of hydrogen-bond donors (Lipinski definition) is 1. The first kappa shape index (κ1) is 10.5. The molecule has 13 heavy (non-hydrogen) atoms. The van der Waals surface area contributed by atoms with Gasteiger partial charge in [-0.25, -0.2) is 0 Å². The second-order valence-electron chi connectivity index (χ2n) is 2.73. The minimum Gasteiger partial charge on any atom is -0.351 e. The number of thiophene rings is 1. The third-order valence-electron chi connectivity index (χ3n) is 1.58. The Hall–Kier alpha value is -0.540. The average molecular weight is 218 g/mol. The van der Waals surface area contributed by atoms with Gasteiger partial charge in [-0.2, -0.15) is 0 Å². The van der Waals surface area contributed by atoms with E-state index in [0.29, 0.717) is 18.8 Å². The van der Waals surface area contributed by atoms with Crippen molar-refractivity contribution in [2.24, 2.45) is 0 Å². The molecule has 2 nitrogen and oxygen atoms in total. The van der Waals surface area contributed by atoms with E-state index < -0.39 is 0 Å². The van der Waals surface area contributed by atoms with E-state index >= 15 is 0 Å². The Bertz CT molecular complexity index is 285. The van der Waals surface area contributed by atoms with Gasteiger partial charge in [0, 0.05) is 22.1 Å². The number of halogens is 1. The smallest absolute Gasteiger partial charge is 0.221 e. The van der Waals surface area contributed by atoms with Gasteiger partial charge in [-0.1, -0.05) is 0 Å². The summed E-state index contributed by atoms with van der Waals surface area (Å²) in [5.41, 5.74) is 0. The van der Waals surface area contributed by atoms with Crippen LogP contribution in [0.5, 0.6) is 0 Å². The van der Waals surface area contributed by atoms with Crippen molar-refractivity contribution in [2.45, 2.75) is 19.9 Å². The molecule has 1 heterocycles. The van der Waals surface area contributed by atoms with Crippen LogP contribution in [-0.4, -0.2) is 11.8 Å². The van der Waals surface area contributed by atoms with E-state index in [0.717, 1.165) is 0 Å². The first-order valence-electron chi connectivity index (χ1n) is 4.10.